The number of rotatable bonds is 3. The Kier molecular flexibility index (Phi) is 3.19. The zero-order valence-electron chi connectivity index (χ0n) is 7.27. The van der Waals surface area contributed by atoms with Crippen LogP contribution < -0.4 is 0 Å². The van der Waals surface area contributed by atoms with Gasteiger partial charge in [0, 0.05) is 13.3 Å². The minimum Gasteiger partial charge on any atom is -0.384 e. The first-order valence-corrected chi connectivity index (χ1v) is 3.87. The van der Waals surface area contributed by atoms with Gasteiger partial charge in [0.15, 0.2) is 0 Å². The van der Waals surface area contributed by atoms with Crippen molar-refractivity contribution in [2.24, 2.45) is 0 Å². The molecule has 3 nitrogen and oxygen atoms in total. The van der Waals surface area contributed by atoms with Crippen LogP contribution in [0.3, 0.4) is 0 Å². The molecule has 0 aliphatic rings. The molecule has 0 saturated heterocycles. The first kappa shape index (κ1) is 9.16. The number of hydrogen-bond acceptors (Lipinski definition) is 3. The highest BCUT2D eigenvalue weighted by Crippen LogP contribution is 2.14. The van der Waals surface area contributed by atoms with E-state index in [-0.39, 0.29) is 6.10 Å². The minimum absolute atomic E-state index is 0.222. The first-order chi connectivity index (χ1) is 5.75. The smallest absolute Gasteiger partial charge is 0.122 e. The molecule has 0 amide bonds. The summed E-state index contributed by atoms with van der Waals surface area (Å²) in [6, 6.07) is 5.43. The third kappa shape index (κ3) is 2.03. The van der Waals surface area contributed by atoms with Gasteiger partial charge in [-0.25, -0.2) is 0 Å². The van der Waals surface area contributed by atoms with Crippen molar-refractivity contribution >= 4 is 0 Å². The van der Waals surface area contributed by atoms with Crippen molar-refractivity contribution in [2.45, 2.75) is 19.1 Å². The van der Waals surface area contributed by atoms with Gasteiger partial charge >= 0.3 is 0 Å². The molecule has 0 spiro atoms. The SMILES string of the molecule is CO[C@@H](C)[C@@H](O)c1ccccn1. The molecule has 0 radical (unpaired) electrons. The van der Waals surface area contributed by atoms with E-state index in [0.29, 0.717) is 5.69 Å². The van der Waals surface area contributed by atoms with Gasteiger partial charge in [-0.3, -0.25) is 4.98 Å². The van der Waals surface area contributed by atoms with Crippen LogP contribution in [0.5, 0.6) is 0 Å². The van der Waals surface area contributed by atoms with Gasteiger partial charge in [-0.15, -0.1) is 0 Å². The molecule has 12 heavy (non-hydrogen) atoms. The zero-order chi connectivity index (χ0) is 8.97. The molecule has 1 rings (SSSR count). The summed E-state index contributed by atoms with van der Waals surface area (Å²) >= 11 is 0. The van der Waals surface area contributed by atoms with E-state index in [2.05, 4.69) is 4.98 Å². The Morgan fingerprint density at radius 3 is 2.75 bits per heavy atom. The van der Waals surface area contributed by atoms with Crippen LogP contribution in [-0.2, 0) is 4.74 Å². The topological polar surface area (TPSA) is 42.4 Å². The normalized spacial score (nSPS) is 15.6. The summed E-state index contributed by atoms with van der Waals surface area (Å²) in [5.74, 6) is 0. The molecule has 1 heterocycles. The van der Waals surface area contributed by atoms with Gasteiger partial charge in [-0.2, -0.15) is 0 Å². The largest absolute Gasteiger partial charge is 0.384 e. The number of nitrogens with zero attached hydrogens (tertiary/aromatic N) is 1. The van der Waals surface area contributed by atoms with Crippen molar-refractivity contribution in [3.05, 3.63) is 30.1 Å². The fourth-order valence-corrected chi connectivity index (χ4v) is 0.920. The van der Waals surface area contributed by atoms with E-state index in [0.717, 1.165) is 0 Å². The molecule has 0 saturated carbocycles. The molecule has 0 bridgehead atoms. The fraction of sp³-hybridized carbons (Fsp3) is 0.444. The van der Waals surface area contributed by atoms with E-state index >= 15 is 0 Å². The number of aromatic nitrogens is 1. The number of ether oxygens (including phenoxy) is 1. The van der Waals surface area contributed by atoms with Crippen LogP contribution in [0.4, 0.5) is 0 Å². The summed E-state index contributed by atoms with van der Waals surface area (Å²) in [5.41, 5.74) is 0.645. The average Bonchev–Trinajstić information content (AvgIpc) is 2.17. The van der Waals surface area contributed by atoms with Crippen LogP contribution in [0.2, 0.25) is 0 Å². The number of aliphatic hydroxyl groups excluding tert-OH is 1. The van der Waals surface area contributed by atoms with E-state index in [1.165, 1.54) is 0 Å². The lowest BCUT2D eigenvalue weighted by Crippen LogP contribution is -2.17. The molecule has 1 aromatic rings. The highest BCUT2D eigenvalue weighted by molar-refractivity contribution is 5.07. The Morgan fingerprint density at radius 2 is 2.25 bits per heavy atom. The molecule has 1 N–H and O–H groups in total. The minimum atomic E-state index is -0.642. The summed E-state index contributed by atoms with van der Waals surface area (Å²) in [4.78, 5) is 4.02. The highest BCUT2D eigenvalue weighted by Gasteiger charge is 2.15. The Morgan fingerprint density at radius 1 is 1.50 bits per heavy atom. The van der Waals surface area contributed by atoms with Crippen molar-refractivity contribution in [1.82, 2.24) is 4.98 Å². The molecular formula is C9H13NO2. The second kappa shape index (κ2) is 4.18. The molecule has 1 aromatic heterocycles. The van der Waals surface area contributed by atoms with Crippen LogP contribution in [0.15, 0.2) is 24.4 Å². The zero-order valence-corrected chi connectivity index (χ0v) is 7.27. The van der Waals surface area contributed by atoms with Crippen LogP contribution in [0, 0.1) is 0 Å². The average molecular weight is 167 g/mol. The molecule has 0 fully saturated rings. The van der Waals surface area contributed by atoms with Crippen LogP contribution in [0.1, 0.15) is 18.7 Å². The molecule has 2 atom stereocenters. The maximum atomic E-state index is 9.60. The number of aliphatic hydroxyl groups is 1. The van der Waals surface area contributed by atoms with Crippen LogP contribution in [-0.4, -0.2) is 23.3 Å². The summed E-state index contributed by atoms with van der Waals surface area (Å²) in [6.07, 6.45) is 0.789. The molecule has 66 valence electrons. The highest BCUT2D eigenvalue weighted by atomic mass is 16.5. The van der Waals surface area contributed by atoms with Gasteiger partial charge in [0.25, 0.3) is 0 Å². The van der Waals surface area contributed by atoms with E-state index in [9.17, 15) is 5.11 Å². The summed E-state index contributed by atoms with van der Waals surface area (Å²) in [7, 11) is 1.57. The van der Waals surface area contributed by atoms with Crippen molar-refractivity contribution in [2.75, 3.05) is 7.11 Å². The van der Waals surface area contributed by atoms with E-state index in [1.54, 1.807) is 26.3 Å². The van der Waals surface area contributed by atoms with Crippen molar-refractivity contribution in [1.29, 1.82) is 0 Å². The number of methoxy groups -OCH3 is 1. The molecule has 0 aliphatic carbocycles. The second-order valence-electron chi connectivity index (χ2n) is 2.64. The fourth-order valence-electron chi connectivity index (χ4n) is 0.920. The third-order valence-corrected chi connectivity index (χ3v) is 1.81. The molecule has 0 aromatic carbocycles. The van der Waals surface area contributed by atoms with Crippen molar-refractivity contribution < 1.29 is 9.84 Å². The van der Waals surface area contributed by atoms with Gasteiger partial charge in [0.1, 0.15) is 6.10 Å². The van der Waals surface area contributed by atoms with E-state index in [1.807, 2.05) is 12.1 Å². The van der Waals surface area contributed by atoms with Crippen molar-refractivity contribution in [3.63, 3.8) is 0 Å². The predicted molar refractivity (Wildman–Crippen MR) is 45.7 cm³/mol. The lowest BCUT2D eigenvalue weighted by Gasteiger charge is -2.16. The van der Waals surface area contributed by atoms with E-state index in [4.69, 9.17) is 4.74 Å². The van der Waals surface area contributed by atoms with E-state index < -0.39 is 6.10 Å². The summed E-state index contributed by atoms with van der Waals surface area (Å²) in [5, 5.41) is 9.60. The second-order valence-corrected chi connectivity index (χ2v) is 2.64. The third-order valence-electron chi connectivity index (χ3n) is 1.81. The molecule has 3 heteroatoms. The first-order valence-electron chi connectivity index (χ1n) is 3.87. The maximum Gasteiger partial charge on any atom is 0.122 e. The molecular weight excluding hydrogens is 154 g/mol. The lowest BCUT2D eigenvalue weighted by atomic mass is 10.1. The number of hydrogen-bond donors (Lipinski definition) is 1. The Bertz CT molecular complexity index is 225. The van der Waals surface area contributed by atoms with Gasteiger partial charge < -0.3 is 9.84 Å². The predicted octanol–water partition coefficient (Wildman–Crippen LogP) is 1.15. The summed E-state index contributed by atoms with van der Waals surface area (Å²) < 4.78 is 4.98. The summed E-state index contributed by atoms with van der Waals surface area (Å²) in [6.45, 7) is 1.80. The van der Waals surface area contributed by atoms with Gasteiger partial charge in [-0.05, 0) is 19.1 Å². The number of pyridine rings is 1. The molecule has 0 aliphatic heterocycles. The van der Waals surface area contributed by atoms with Crippen molar-refractivity contribution in [3.8, 4) is 0 Å². The Balaban J connectivity index is 2.71. The van der Waals surface area contributed by atoms with Gasteiger partial charge in [0.05, 0.1) is 11.8 Å². The quantitative estimate of drug-likeness (QED) is 0.734. The monoisotopic (exact) mass is 167 g/mol. The lowest BCUT2D eigenvalue weighted by molar-refractivity contribution is -0.00358. The maximum absolute atomic E-state index is 9.60. The van der Waals surface area contributed by atoms with Crippen LogP contribution in [0.25, 0.3) is 0 Å². The van der Waals surface area contributed by atoms with Gasteiger partial charge in [0.2, 0.25) is 0 Å². The van der Waals surface area contributed by atoms with Crippen LogP contribution >= 0.6 is 0 Å². The standard InChI is InChI=1S/C9H13NO2/c1-7(12-2)9(11)8-5-3-4-6-10-8/h3-7,9,11H,1-2H3/t7-,9+/m0/s1. The molecule has 0 unspecified atom stereocenters. The Labute approximate surface area is 72.0 Å². The van der Waals surface area contributed by atoms with Gasteiger partial charge in [-0.1, -0.05) is 6.07 Å². The Hall–Kier alpha value is -0.930.